The van der Waals surface area contributed by atoms with Gasteiger partial charge in [-0.15, -0.1) is 0 Å². The quantitative estimate of drug-likeness (QED) is 0.858. The molecule has 0 aliphatic heterocycles. The molecule has 2 rings (SSSR count). The highest BCUT2D eigenvalue weighted by Gasteiger charge is 2.25. The van der Waals surface area contributed by atoms with Crippen molar-refractivity contribution in [3.63, 3.8) is 0 Å². The Morgan fingerprint density at radius 2 is 1.95 bits per heavy atom. The molecule has 6 nitrogen and oxygen atoms in total. The number of rotatable bonds is 5. The molecule has 0 spiro atoms. The van der Waals surface area contributed by atoms with Gasteiger partial charge in [0.05, 0.1) is 7.11 Å². The van der Waals surface area contributed by atoms with Crippen molar-refractivity contribution in [2.45, 2.75) is 43.0 Å². The molecule has 1 aliphatic carbocycles. The Balaban J connectivity index is 2.32. The van der Waals surface area contributed by atoms with Gasteiger partial charge in [-0.25, -0.2) is 13.1 Å². The van der Waals surface area contributed by atoms with E-state index in [-0.39, 0.29) is 22.3 Å². The average molecular weight is 312 g/mol. The van der Waals surface area contributed by atoms with Gasteiger partial charge in [0.1, 0.15) is 10.6 Å². The van der Waals surface area contributed by atoms with E-state index >= 15 is 0 Å². The summed E-state index contributed by atoms with van der Waals surface area (Å²) in [5.74, 6) is -0.477. The summed E-state index contributed by atoms with van der Waals surface area (Å²) in [5, 5.41) is 0. The lowest BCUT2D eigenvalue weighted by molar-refractivity contribution is 0.1000. The second-order valence-corrected chi connectivity index (χ2v) is 6.87. The van der Waals surface area contributed by atoms with Gasteiger partial charge in [0, 0.05) is 11.6 Å². The van der Waals surface area contributed by atoms with E-state index in [0.717, 1.165) is 32.1 Å². The number of primary amides is 1. The Morgan fingerprint density at radius 3 is 2.52 bits per heavy atom. The van der Waals surface area contributed by atoms with Crippen molar-refractivity contribution in [2.24, 2.45) is 5.73 Å². The Morgan fingerprint density at radius 1 is 1.29 bits per heavy atom. The second-order valence-electron chi connectivity index (χ2n) is 5.19. The predicted molar refractivity (Wildman–Crippen MR) is 78.7 cm³/mol. The van der Waals surface area contributed by atoms with Crippen molar-refractivity contribution < 1.29 is 17.9 Å². The van der Waals surface area contributed by atoms with Crippen molar-refractivity contribution in [3.8, 4) is 5.75 Å². The van der Waals surface area contributed by atoms with Crippen LogP contribution in [-0.4, -0.2) is 27.5 Å². The van der Waals surface area contributed by atoms with E-state index in [1.54, 1.807) is 0 Å². The van der Waals surface area contributed by atoms with E-state index in [2.05, 4.69) is 4.72 Å². The molecule has 1 aliphatic rings. The summed E-state index contributed by atoms with van der Waals surface area (Å²) in [5.41, 5.74) is 5.35. The van der Waals surface area contributed by atoms with Crippen LogP contribution >= 0.6 is 0 Å². The number of nitrogens with two attached hydrogens (primary N) is 1. The summed E-state index contributed by atoms with van der Waals surface area (Å²) in [6, 6.07) is 4.08. The van der Waals surface area contributed by atoms with E-state index in [9.17, 15) is 13.2 Å². The number of hydrogen-bond acceptors (Lipinski definition) is 4. The minimum atomic E-state index is -3.74. The first-order chi connectivity index (χ1) is 9.94. The van der Waals surface area contributed by atoms with Crippen LogP contribution in [0.2, 0.25) is 0 Å². The van der Waals surface area contributed by atoms with Crippen molar-refractivity contribution in [1.29, 1.82) is 0 Å². The number of amides is 1. The fourth-order valence-corrected chi connectivity index (χ4v) is 4.04. The fraction of sp³-hybridized carbons (Fsp3) is 0.500. The lowest BCUT2D eigenvalue weighted by atomic mass is 9.96. The fourth-order valence-electron chi connectivity index (χ4n) is 2.54. The Bertz CT molecular complexity index is 622. The largest absolute Gasteiger partial charge is 0.495 e. The van der Waals surface area contributed by atoms with Crippen molar-refractivity contribution in [1.82, 2.24) is 4.72 Å². The number of carbonyl (C=O) groups is 1. The van der Waals surface area contributed by atoms with E-state index in [1.807, 2.05) is 0 Å². The Hall–Kier alpha value is -1.60. The lowest BCUT2D eigenvalue weighted by Crippen LogP contribution is -2.36. The summed E-state index contributed by atoms with van der Waals surface area (Å²) >= 11 is 0. The molecule has 1 aromatic rings. The monoisotopic (exact) mass is 312 g/mol. The van der Waals surface area contributed by atoms with Crippen LogP contribution in [0.25, 0.3) is 0 Å². The van der Waals surface area contributed by atoms with Gasteiger partial charge in [0.15, 0.2) is 0 Å². The number of sulfonamides is 1. The molecule has 0 bridgehead atoms. The van der Waals surface area contributed by atoms with Gasteiger partial charge in [-0.3, -0.25) is 4.79 Å². The minimum absolute atomic E-state index is 0.0492. The Labute approximate surface area is 124 Å². The molecular weight excluding hydrogens is 292 g/mol. The molecule has 0 aromatic heterocycles. The van der Waals surface area contributed by atoms with E-state index < -0.39 is 15.9 Å². The summed E-state index contributed by atoms with van der Waals surface area (Å²) in [7, 11) is -2.35. The van der Waals surface area contributed by atoms with Crippen LogP contribution in [-0.2, 0) is 10.0 Å². The highest BCUT2D eigenvalue weighted by Crippen LogP contribution is 2.26. The summed E-state index contributed by atoms with van der Waals surface area (Å²) in [6.07, 6.45) is 4.84. The highest BCUT2D eigenvalue weighted by molar-refractivity contribution is 7.89. The molecule has 0 radical (unpaired) electrons. The van der Waals surface area contributed by atoms with Gasteiger partial charge < -0.3 is 10.5 Å². The zero-order valence-electron chi connectivity index (χ0n) is 12.0. The molecule has 21 heavy (non-hydrogen) atoms. The third-order valence-corrected chi connectivity index (χ3v) is 5.21. The van der Waals surface area contributed by atoms with Crippen LogP contribution in [0, 0.1) is 0 Å². The molecule has 7 heteroatoms. The number of ether oxygens (including phenoxy) is 1. The van der Waals surface area contributed by atoms with Crippen LogP contribution in [0.4, 0.5) is 0 Å². The minimum Gasteiger partial charge on any atom is -0.495 e. The van der Waals surface area contributed by atoms with E-state index in [4.69, 9.17) is 10.5 Å². The number of benzene rings is 1. The van der Waals surface area contributed by atoms with Crippen molar-refractivity contribution in [3.05, 3.63) is 23.8 Å². The number of hydrogen-bond donors (Lipinski definition) is 2. The highest BCUT2D eigenvalue weighted by atomic mass is 32.2. The molecule has 1 amide bonds. The number of nitrogens with one attached hydrogen (secondary N) is 1. The van der Waals surface area contributed by atoms with Gasteiger partial charge in [-0.1, -0.05) is 19.3 Å². The zero-order chi connectivity index (χ0) is 15.5. The maximum Gasteiger partial charge on any atom is 0.248 e. The summed E-state index contributed by atoms with van der Waals surface area (Å²) in [4.78, 5) is 11.2. The van der Waals surface area contributed by atoms with Crippen LogP contribution < -0.4 is 15.2 Å². The first-order valence-electron chi connectivity index (χ1n) is 6.94. The molecule has 0 atom stereocenters. The molecule has 0 heterocycles. The molecule has 1 aromatic carbocycles. The zero-order valence-corrected chi connectivity index (χ0v) is 12.8. The molecular formula is C14H20N2O4S. The molecule has 3 N–H and O–H groups in total. The van der Waals surface area contributed by atoms with Gasteiger partial charge in [0.25, 0.3) is 0 Å². The normalized spacial score (nSPS) is 16.6. The van der Waals surface area contributed by atoms with Gasteiger partial charge in [0.2, 0.25) is 15.9 Å². The number of carbonyl (C=O) groups excluding carboxylic acids is 1. The average Bonchev–Trinajstić information content (AvgIpc) is 2.47. The second kappa shape index (κ2) is 6.44. The van der Waals surface area contributed by atoms with Crippen molar-refractivity contribution >= 4 is 15.9 Å². The molecule has 1 fully saturated rings. The molecule has 0 saturated heterocycles. The SMILES string of the molecule is COc1ccc(C(N)=O)cc1S(=O)(=O)NC1CCCCC1. The van der Waals surface area contributed by atoms with Crippen LogP contribution in [0.5, 0.6) is 5.75 Å². The molecule has 1 saturated carbocycles. The smallest absolute Gasteiger partial charge is 0.248 e. The standard InChI is InChI=1S/C14H20N2O4S/c1-20-12-8-7-10(14(15)17)9-13(12)21(18,19)16-11-5-3-2-4-6-11/h7-9,11,16H,2-6H2,1H3,(H2,15,17). The molecule has 116 valence electrons. The van der Waals surface area contributed by atoms with Gasteiger partial charge in [-0.2, -0.15) is 0 Å². The topological polar surface area (TPSA) is 98.5 Å². The first kappa shape index (κ1) is 15.8. The predicted octanol–water partition coefficient (Wildman–Crippen LogP) is 1.41. The summed E-state index contributed by atoms with van der Waals surface area (Å²) in [6.45, 7) is 0. The first-order valence-corrected chi connectivity index (χ1v) is 8.42. The number of methoxy groups -OCH3 is 1. The summed E-state index contributed by atoms with van der Waals surface area (Å²) < 4.78 is 32.8. The van der Waals surface area contributed by atoms with Crippen molar-refractivity contribution in [2.75, 3.05) is 7.11 Å². The lowest BCUT2D eigenvalue weighted by Gasteiger charge is -2.23. The maximum atomic E-state index is 12.5. The third-order valence-electron chi connectivity index (χ3n) is 3.66. The van der Waals surface area contributed by atoms with Gasteiger partial charge in [-0.05, 0) is 31.0 Å². The van der Waals surface area contributed by atoms with E-state index in [0.29, 0.717) is 0 Å². The van der Waals surface area contributed by atoms with Crippen LogP contribution in [0.1, 0.15) is 42.5 Å². The van der Waals surface area contributed by atoms with Gasteiger partial charge >= 0.3 is 0 Å². The maximum absolute atomic E-state index is 12.5. The van der Waals surface area contributed by atoms with Crippen LogP contribution in [0.15, 0.2) is 23.1 Å². The van der Waals surface area contributed by atoms with Crippen LogP contribution in [0.3, 0.4) is 0 Å². The molecule has 0 unspecified atom stereocenters. The third kappa shape index (κ3) is 3.74. The Kier molecular flexibility index (Phi) is 4.84. The van der Waals surface area contributed by atoms with E-state index in [1.165, 1.54) is 25.3 Å².